The number of para-hydroxylation sites is 1. The summed E-state index contributed by atoms with van der Waals surface area (Å²) in [4.78, 5) is 0. The zero-order chi connectivity index (χ0) is 13.9. The van der Waals surface area contributed by atoms with Crippen molar-refractivity contribution >= 4 is 11.0 Å². The molecule has 0 unspecified atom stereocenters. The maximum absolute atomic E-state index is 5.90. The van der Waals surface area contributed by atoms with Gasteiger partial charge in [0.05, 0.1) is 26.0 Å². The fraction of sp³-hybridized carbons (Fsp3) is 0.250. The number of fused-ring (bicyclic) bond motifs is 1. The molecule has 0 saturated carbocycles. The van der Waals surface area contributed by atoms with E-state index in [1.807, 2.05) is 36.4 Å². The van der Waals surface area contributed by atoms with Crippen molar-refractivity contribution < 1.29 is 13.6 Å². The van der Waals surface area contributed by atoms with E-state index in [2.05, 4.69) is 12.2 Å². The third kappa shape index (κ3) is 2.42. The molecule has 0 amide bonds. The molecule has 20 heavy (non-hydrogen) atoms. The van der Waals surface area contributed by atoms with Crippen molar-refractivity contribution in [3.63, 3.8) is 0 Å². The van der Waals surface area contributed by atoms with Crippen molar-refractivity contribution in [2.75, 3.05) is 7.11 Å². The van der Waals surface area contributed by atoms with Crippen molar-refractivity contribution in [1.82, 2.24) is 5.32 Å². The van der Waals surface area contributed by atoms with E-state index in [0.29, 0.717) is 6.54 Å². The Morgan fingerprint density at radius 2 is 2.15 bits per heavy atom. The van der Waals surface area contributed by atoms with Gasteiger partial charge >= 0.3 is 0 Å². The molecule has 2 aromatic heterocycles. The Kier molecular flexibility index (Phi) is 3.48. The molecule has 0 saturated heterocycles. The van der Waals surface area contributed by atoms with E-state index in [0.717, 1.165) is 28.2 Å². The van der Waals surface area contributed by atoms with Crippen molar-refractivity contribution in [3.05, 3.63) is 54.2 Å². The number of furan rings is 2. The quantitative estimate of drug-likeness (QED) is 0.765. The van der Waals surface area contributed by atoms with E-state index < -0.39 is 0 Å². The van der Waals surface area contributed by atoms with Gasteiger partial charge in [0.25, 0.3) is 0 Å². The third-order valence-electron chi connectivity index (χ3n) is 3.34. The summed E-state index contributed by atoms with van der Waals surface area (Å²) in [7, 11) is 1.65. The molecule has 3 aromatic rings. The SMILES string of the molecule is COc1cccc2cc([C@@H](C)NCc3ccco3)oc12. The number of ether oxygens (including phenoxy) is 1. The highest BCUT2D eigenvalue weighted by Crippen LogP contribution is 2.30. The Morgan fingerprint density at radius 3 is 2.90 bits per heavy atom. The van der Waals surface area contributed by atoms with Gasteiger partial charge in [0.2, 0.25) is 0 Å². The fourth-order valence-corrected chi connectivity index (χ4v) is 2.20. The number of rotatable bonds is 5. The van der Waals surface area contributed by atoms with Crippen LogP contribution in [0.4, 0.5) is 0 Å². The predicted molar refractivity (Wildman–Crippen MR) is 76.7 cm³/mol. The van der Waals surface area contributed by atoms with E-state index in [1.54, 1.807) is 13.4 Å². The first-order valence-corrected chi connectivity index (χ1v) is 6.60. The maximum Gasteiger partial charge on any atom is 0.176 e. The number of hydrogen-bond donors (Lipinski definition) is 1. The fourth-order valence-electron chi connectivity index (χ4n) is 2.20. The van der Waals surface area contributed by atoms with Crippen LogP contribution in [0.3, 0.4) is 0 Å². The third-order valence-corrected chi connectivity index (χ3v) is 3.34. The van der Waals surface area contributed by atoms with Gasteiger partial charge < -0.3 is 18.9 Å². The highest BCUT2D eigenvalue weighted by Gasteiger charge is 2.14. The molecule has 0 bridgehead atoms. The van der Waals surface area contributed by atoms with Gasteiger partial charge in [-0.05, 0) is 31.2 Å². The summed E-state index contributed by atoms with van der Waals surface area (Å²) in [5.41, 5.74) is 0.789. The Balaban J connectivity index is 1.79. The topological polar surface area (TPSA) is 47.5 Å². The van der Waals surface area contributed by atoms with Crippen LogP contribution in [0.2, 0.25) is 0 Å². The summed E-state index contributed by atoms with van der Waals surface area (Å²) in [6, 6.07) is 11.8. The molecule has 0 radical (unpaired) electrons. The molecule has 4 heteroatoms. The van der Waals surface area contributed by atoms with E-state index in [9.17, 15) is 0 Å². The van der Waals surface area contributed by atoms with E-state index >= 15 is 0 Å². The molecule has 1 atom stereocenters. The van der Waals surface area contributed by atoms with Gasteiger partial charge in [0, 0.05) is 5.39 Å². The monoisotopic (exact) mass is 271 g/mol. The molecular formula is C16H17NO3. The zero-order valence-corrected chi connectivity index (χ0v) is 11.6. The van der Waals surface area contributed by atoms with Crippen LogP contribution < -0.4 is 10.1 Å². The van der Waals surface area contributed by atoms with Crippen LogP contribution in [0.5, 0.6) is 5.75 Å². The Labute approximate surface area is 117 Å². The molecule has 0 fully saturated rings. The van der Waals surface area contributed by atoms with Crippen LogP contribution in [-0.2, 0) is 6.54 Å². The molecular weight excluding hydrogens is 254 g/mol. The zero-order valence-electron chi connectivity index (χ0n) is 11.6. The predicted octanol–water partition coefficient (Wildman–Crippen LogP) is 3.89. The van der Waals surface area contributed by atoms with Crippen LogP contribution >= 0.6 is 0 Å². The van der Waals surface area contributed by atoms with Crippen LogP contribution in [0, 0.1) is 0 Å². The first kappa shape index (κ1) is 12.8. The van der Waals surface area contributed by atoms with E-state index in [1.165, 1.54) is 0 Å². The molecule has 2 heterocycles. The second-order valence-electron chi connectivity index (χ2n) is 4.71. The summed E-state index contributed by atoms with van der Waals surface area (Å²) in [6.45, 7) is 2.73. The molecule has 0 aliphatic heterocycles. The second-order valence-corrected chi connectivity index (χ2v) is 4.71. The van der Waals surface area contributed by atoms with Gasteiger partial charge in [-0.2, -0.15) is 0 Å². The summed E-state index contributed by atoms with van der Waals surface area (Å²) >= 11 is 0. The van der Waals surface area contributed by atoms with E-state index in [-0.39, 0.29) is 6.04 Å². The van der Waals surface area contributed by atoms with Crippen LogP contribution in [-0.4, -0.2) is 7.11 Å². The maximum atomic E-state index is 5.90. The first-order chi connectivity index (χ1) is 9.78. The first-order valence-electron chi connectivity index (χ1n) is 6.60. The van der Waals surface area contributed by atoms with Crippen molar-refractivity contribution in [1.29, 1.82) is 0 Å². The van der Waals surface area contributed by atoms with Crippen LogP contribution in [0.1, 0.15) is 24.5 Å². The molecule has 4 nitrogen and oxygen atoms in total. The lowest BCUT2D eigenvalue weighted by Crippen LogP contribution is -2.17. The van der Waals surface area contributed by atoms with Gasteiger partial charge in [-0.1, -0.05) is 12.1 Å². The number of nitrogens with one attached hydrogen (secondary N) is 1. The summed E-state index contributed by atoms with van der Waals surface area (Å²) in [5, 5.41) is 4.42. The van der Waals surface area contributed by atoms with Gasteiger partial charge in [-0.15, -0.1) is 0 Å². The molecule has 3 rings (SSSR count). The van der Waals surface area contributed by atoms with Crippen molar-refractivity contribution in [3.8, 4) is 5.75 Å². The highest BCUT2D eigenvalue weighted by atomic mass is 16.5. The number of benzene rings is 1. The lowest BCUT2D eigenvalue weighted by atomic mass is 10.2. The van der Waals surface area contributed by atoms with Gasteiger partial charge in [0.1, 0.15) is 11.5 Å². The van der Waals surface area contributed by atoms with E-state index in [4.69, 9.17) is 13.6 Å². The minimum atomic E-state index is 0.0946. The van der Waals surface area contributed by atoms with Crippen LogP contribution in [0.25, 0.3) is 11.0 Å². The molecule has 0 spiro atoms. The minimum absolute atomic E-state index is 0.0946. The van der Waals surface area contributed by atoms with Crippen molar-refractivity contribution in [2.45, 2.75) is 19.5 Å². The lowest BCUT2D eigenvalue weighted by molar-refractivity contribution is 0.394. The number of methoxy groups -OCH3 is 1. The smallest absolute Gasteiger partial charge is 0.176 e. The Bertz CT molecular complexity index is 685. The van der Waals surface area contributed by atoms with Crippen molar-refractivity contribution in [2.24, 2.45) is 0 Å². The highest BCUT2D eigenvalue weighted by molar-refractivity contribution is 5.83. The average molecular weight is 271 g/mol. The Hall–Kier alpha value is -2.20. The van der Waals surface area contributed by atoms with Gasteiger partial charge in [-0.25, -0.2) is 0 Å². The number of hydrogen-bond acceptors (Lipinski definition) is 4. The van der Waals surface area contributed by atoms with Gasteiger partial charge in [0.15, 0.2) is 11.3 Å². The summed E-state index contributed by atoms with van der Waals surface area (Å²) < 4.78 is 16.5. The Morgan fingerprint density at radius 1 is 1.25 bits per heavy atom. The van der Waals surface area contributed by atoms with Gasteiger partial charge in [-0.3, -0.25) is 0 Å². The minimum Gasteiger partial charge on any atom is -0.493 e. The molecule has 0 aliphatic carbocycles. The largest absolute Gasteiger partial charge is 0.493 e. The molecule has 0 aliphatic rings. The molecule has 1 N–H and O–H groups in total. The standard InChI is InChI=1S/C16H17NO3/c1-11(17-10-13-6-4-8-19-13)15-9-12-5-3-7-14(18-2)16(12)20-15/h3-9,11,17H,10H2,1-2H3/t11-/m1/s1. The lowest BCUT2D eigenvalue weighted by Gasteiger charge is -2.09. The van der Waals surface area contributed by atoms with Crippen LogP contribution in [0.15, 0.2) is 51.5 Å². The average Bonchev–Trinajstić information content (AvgIpc) is 3.12. The molecule has 1 aromatic carbocycles. The molecule has 104 valence electrons. The summed E-state index contributed by atoms with van der Waals surface area (Å²) in [6.07, 6.45) is 1.67. The summed E-state index contributed by atoms with van der Waals surface area (Å²) in [5.74, 6) is 2.55. The second kappa shape index (κ2) is 5.43. The normalized spacial score (nSPS) is 12.7.